The Morgan fingerprint density at radius 2 is 1.92 bits per heavy atom. The molecular weight excluding hydrogens is 363 g/mol. The van der Waals surface area contributed by atoms with Crippen LogP contribution in [-0.4, -0.2) is 5.78 Å². The van der Waals surface area contributed by atoms with Crippen LogP contribution in [0.25, 0.3) is 0 Å². The van der Waals surface area contributed by atoms with Crippen molar-refractivity contribution in [2.45, 2.75) is 31.9 Å². The Morgan fingerprint density at radius 3 is 2.50 bits per heavy atom. The van der Waals surface area contributed by atoms with Gasteiger partial charge < -0.3 is 5.73 Å². The lowest BCUT2D eigenvalue weighted by Gasteiger charge is -2.36. The predicted octanol–water partition coefficient (Wildman–Crippen LogP) is 5.16. The summed E-state index contributed by atoms with van der Waals surface area (Å²) >= 11 is 14.1. The molecule has 1 aromatic carbocycles. The van der Waals surface area contributed by atoms with Crippen LogP contribution in [0.1, 0.15) is 37.5 Å². The average molecular weight is 379 g/mol. The lowest BCUT2D eigenvalue weighted by Crippen LogP contribution is -2.30. The second-order valence-electron chi connectivity index (χ2n) is 6.81. The highest BCUT2D eigenvalue weighted by Crippen LogP contribution is 2.55. The van der Waals surface area contributed by atoms with Gasteiger partial charge in [0.05, 0.1) is 28.2 Å². The molecular formula is C18H16Cl2N2OS. The van der Waals surface area contributed by atoms with Crippen molar-refractivity contribution in [1.82, 2.24) is 0 Å². The van der Waals surface area contributed by atoms with Gasteiger partial charge in [-0.15, -0.1) is 11.8 Å². The van der Waals surface area contributed by atoms with Crippen LogP contribution in [-0.2, 0) is 4.79 Å². The molecule has 0 saturated carbocycles. The zero-order valence-corrected chi connectivity index (χ0v) is 15.6. The monoisotopic (exact) mass is 378 g/mol. The molecule has 3 nitrogen and oxygen atoms in total. The van der Waals surface area contributed by atoms with Crippen molar-refractivity contribution in [2.24, 2.45) is 11.1 Å². The summed E-state index contributed by atoms with van der Waals surface area (Å²) in [6.07, 6.45) is 1.18. The molecule has 0 spiro atoms. The number of halogens is 2. The van der Waals surface area contributed by atoms with Gasteiger partial charge in [-0.3, -0.25) is 4.79 Å². The molecule has 1 aromatic rings. The Hall–Kier alpha value is -1.41. The first-order valence-electron chi connectivity index (χ1n) is 7.52. The van der Waals surface area contributed by atoms with Crippen LogP contribution in [0.4, 0.5) is 0 Å². The molecule has 0 aromatic heterocycles. The van der Waals surface area contributed by atoms with Crippen LogP contribution < -0.4 is 5.73 Å². The number of nitriles is 1. The van der Waals surface area contributed by atoms with Gasteiger partial charge in [0, 0.05) is 22.0 Å². The van der Waals surface area contributed by atoms with Crippen LogP contribution in [0.3, 0.4) is 0 Å². The van der Waals surface area contributed by atoms with E-state index in [2.05, 4.69) is 19.9 Å². The van der Waals surface area contributed by atoms with Gasteiger partial charge in [-0.05, 0) is 28.9 Å². The van der Waals surface area contributed by atoms with E-state index in [-0.39, 0.29) is 16.9 Å². The maximum absolute atomic E-state index is 12.5. The molecule has 1 atom stereocenters. The normalized spacial score (nSPS) is 23.1. The minimum atomic E-state index is -0.392. The summed E-state index contributed by atoms with van der Waals surface area (Å²) in [5, 5.41) is 10.2. The fraction of sp³-hybridized carbons (Fsp3) is 0.333. The molecule has 2 aliphatic rings. The summed E-state index contributed by atoms with van der Waals surface area (Å²) in [6.45, 7) is 4.12. The topological polar surface area (TPSA) is 66.9 Å². The standard InChI is InChI=1S/C18H16Cl2N2OS/c1-18(2)6-12(23)15-13(7-18)24-17(9(8-21)16(15)22)14-10(19)4-3-5-11(14)20/h3-5,17H,6-7,22H2,1-2H3. The van der Waals surface area contributed by atoms with Gasteiger partial charge in [0.1, 0.15) is 0 Å². The Bertz CT molecular complexity index is 829. The molecule has 0 fully saturated rings. The summed E-state index contributed by atoms with van der Waals surface area (Å²) in [7, 11) is 0. The van der Waals surface area contributed by atoms with Crippen LogP contribution >= 0.6 is 35.0 Å². The SMILES string of the molecule is CC1(C)CC(=O)C2=C(C1)SC(c1c(Cl)cccc1Cl)C(C#N)=C2N. The average Bonchev–Trinajstić information content (AvgIpc) is 2.45. The van der Waals surface area contributed by atoms with Crippen molar-refractivity contribution in [3.63, 3.8) is 0 Å². The van der Waals surface area contributed by atoms with Crippen molar-refractivity contribution in [2.75, 3.05) is 0 Å². The summed E-state index contributed by atoms with van der Waals surface area (Å²) in [6, 6.07) is 7.41. The van der Waals surface area contributed by atoms with Crippen molar-refractivity contribution < 1.29 is 4.79 Å². The number of thioether (sulfide) groups is 1. The van der Waals surface area contributed by atoms with Crippen molar-refractivity contribution in [3.8, 4) is 6.07 Å². The summed E-state index contributed by atoms with van der Waals surface area (Å²) in [4.78, 5) is 13.5. The van der Waals surface area contributed by atoms with E-state index >= 15 is 0 Å². The van der Waals surface area contributed by atoms with Crippen LogP contribution in [0, 0.1) is 16.7 Å². The molecule has 0 radical (unpaired) electrons. The van der Waals surface area contributed by atoms with E-state index in [4.69, 9.17) is 28.9 Å². The minimum absolute atomic E-state index is 0.00251. The quantitative estimate of drug-likeness (QED) is 0.732. The highest BCUT2D eigenvalue weighted by Gasteiger charge is 2.41. The predicted molar refractivity (Wildman–Crippen MR) is 98.7 cm³/mol. The van der Waals surface area contributed by atoms with Gasteiger partial charge in [0.25, 0.3) is 0 Å². The van der Waals surface area contributed by atoms with Gasteiger partial charge in [-0.2, -0.15) is 5.26 Å². The maximum Gasteiger partial charge on any atom is 0.166 e. The van der Waals surface area contributed by atoms with E-state index in [1.165, 1.54) is 11.8 Å². The van der Waals surface area contributed by atoms with Crippen molar-refractivity contribution >= 4 is 40.7 Å². The van der Waals surface area contributed by atoms with E-state index in [1.54, 1.807) is 18.2 Å². The van der Waals surface area contributed by atoms with Gasteiger partial charge in [-0.25, -0.2) is 0 Å². The molecule has 124 valence electrons. The number of rotatable bonds is 1. The second-order valence-corrected chi connectivity index (χ2v) is 8.83. The molecule has 3 rings (SSSR count). The number of carbonyl (C=O) groups excluding carboxylic acids is 1. The zero-order chi connectivity index (χ0) is 17.6. The Kier molecular flexibility index (Phi) is 4.46. The number of allylic oxidation sites excluding steroid dienone is 2. The molecule has 1 aliphatic heterocycles. The van der Waals surface area contributed by atoms with E-state index < -0.39 is 5.25 Å². The van der Waals surface area contributed by atoms with Crippen molar-refractivity contribution in [1.29, 1.82) is 5.26 Å². The second kappa shape index (κ2) is 6.15. The van der Waals surface area contributed by atoms with E-state index in [9.17, 15) is 10.1 Å². The molecule has 0 amide bonds. The number of Topliss-reactive ketones (excluding diaryl/α,β-unsaturated/α-hetero) is 1. The fourth-order valence-corrected chi connectivity index (χ4v) is 5.74. The molecule has 1 aliphatic carbocycles. The number of nitrogens with two attached hydrogens (primary N) is 1. The van der Waals surface area contributed by atoms with Gasteiger partial charge in [-0.1, -0.05) is 43.1 Å². The summed E-state index contributed by atoms with van der Waals surface area (Å²) in [5.74, 6) is 0.00251. The van der Waals surface area contributed by atoms with Crippen LogP contribution in [0.5, 0.6) is 0 Å². The van der Waals surface area contributed by atoms with Crippen molar-refractivity contribution in [3.05, 3.63) is 55.6 Å². The highest BCUT2D eigenvalue weighted by molar-refractivity contribution is 8.03. The van der Waals surface area contributed by atoms with Gasteiger partial charge in [0.2, 0.25) is 0 Å². The highest BCUT2D eigenvalue weighted by atomic mass is 35.5. The number of carbonyl (C=O) groups is 1. The largest absolute Gasteiger partial charge is 0.397 e. The summed E-state index contributed by atoms with van der Waals surface area (Å²) < 4.78 is 0. The molecule has 24 heavy (non-hydrogen) atoms. The first kappa shape index (κ1) is 17.4. The number of hydrogen-bond donors (Lipinski definition) is 1. The Labute approximate surface area is 155 Å². The summed E-state index contributed by atoms with van der Waals surface area (Å²) in [5.41, 5.74) is 7.91. The van der Waals surface area contributed by atoms with Crippen LogP contribution in [0.2, 0.25) is 10.0 Å². The first-order valence-corrected chi connectivity index (χ1v) is 9.16. The molecule has 1 heterocycles. The molecule has 2 N–H and O–H groups in total. The van der Waals surface area contributed by atoms with E-state index in [0.717, 1.165) is 11.3 Å². The maximum atomic E-state index is 12.5. The smallest absolute Gasteiger partial charge is 0.166 e. The van der Waals surface area contributed by atoms with E-state index in [1.807, 2.05) is 0 Å². The Balaban J connectivity index is 2.17. The zero-order valence-electron chi connectivity index (χ0n) is 13.3. The van der Waals surface area contributed by atoms with Gasteiger partial charge in [0.15, 0.2) is 5.78 Å². The number of hydrogen-bond acceptors (Lipinski definition) is 4. The lowest BCUT2D eigenvalue weighted by atomic mass is 9.76. The minimum Gasteiger partial charge on any atom is -0.397 e. The van der Waals surface area contributed by atoms with Crippen LogP contribution in [0.15, 0.2) is 39.9 Å². The van der Waals surface area contributed by atoms with Gasteiger partial charge >= 0.3 is 0 Å². The molecule has 0 saturated heterocycles. The molecule has 6 heteroatoms. The fourth-order valence-electron chi connectivity index (χ4n) is 3.23. The number of nitrogens with zero attached hydrogens (tertiary/aromatic N) is 1. The first-order chi connectivity index (χ1) is 11.2. The molecule has 0 bridgehead atoms. The number of ketones is 1. The third kappa shape index (κ3) is 2.86. The van der Waals surface area contributed by atoms with E-state index in [0.29, 0.717) is 33.2 Å². The molecule has 1 unspecified atom stereocenters. The number of benzene rings is 1. The Morgan fingerprint density at radius 1 is 1.29 bits per heavy atom. The lowest BCUT2D eigenvalue weighted by molar-refractivity contribution is -0.117. The third-order valence-electron chi connectivity index (χ3n) is 4.30. The third-order valence-corrected chi connectivity index (χ3v) is 6.30.